The number of hydrogen-bond donors (Lipinski definition) is 2. The first-order valence-corrected chi connectivity index (χ1v) is 8.01. The number of carbonyl (C=O) groups is 2. The Labute approximate surface area is 157 Å². The Morgan fingerprint density at radius 1 is 1.46 bits per heavy atom. The van der Waals surface area contributed by atoms with Crippen molar-refractivity contribution in [3.05, 3.63) is 46.5 Å². The topological polar surface area (TPSA) is 66.8 Å². The van der Waals surface area contributed by atoms with Gasteiger partial charge in [-0.05, 0) is 23.6 Å². The van der Waals surface area contributed by atoms with Gasteiger partial charge in [0.15, 0.2) is 0 Å². The van der Waals surface area contributed by atoms with E-state index >= 15 is 0 Å². The molecule has 1 aromatic carbocycles. The van der Waals surface area contributed by atoms with Crippen molar-refractivity contribution >= 4 is 48.6 Å². The summed E-state index contributed by atoms with van der Waals surface area (Å²) in [5, 5.41) is 9.32. The van der Waals surface area contributed by atoms with Gasteiger partial charge in [-0.1, -0.05) is 29.8 Å². The normalized spacial score (nSPS) is 21.0. The fourth-order valence-electron chi connectivity index (χ4n) is 2.69. The number of methoxy groups -OCH3 is 1. The van der Waals surface area contributed by atoms with Crippen LogP contribution >= 0.6 is 36.6 Å². The summed E-state index contributed by atoms with van der Waals surface area (Å²) in [6.45, 7) is 0.918. The number of rotatable bonds is 4. The van der Waals surface area contributed by atoms with Gasteiger partial charge in [-0.25, -0.2) is 9.59 Å². The third kappa shape index (κ3) is 4.89. The quantitative estimate of drug-likeness (QED) is 0.469. The maximum atomic E-state index is 12.3. The number of hydrogen-bond acceptors (Lipinski definition) is 5. The summed E-state index contributed by atoms with van der Waals surface area (Å²) in [4.78, 5) is 25.1. The summed E-state index contributed by atoms with van der Waals surface area (Å²) < 4.78 is 4.92. The van der Waals surface area contributed by atoms with Crippen LogP contribution in [-0.4, -0.2) is 47.4 Å². The first-order valence-electron chi connectivity index (χ1n) is 7.11. The predicted octanol–water partition coefficient (Wildman–Crippen LogP) is 2.99. The number of piperidine rings is 1. The molecule has 2 unspecified atom stereocenters. The molecule has 2 rings (SSSR count). The lowest BCUT2D eigenvalue weighted by molar-refractivity contribution is -0.147. The lowest BCUT2D eigenvalue weighted by atomic mass is 9.98. The van der Waals surface area contributed by atoms with Crippen LogP contribution in [0.1, 0.15) is 18.0 Å². The Balaban J connectivity index is 0.00000288. The minimum Gasteiger partial charge on any atom is -0.478 e. The van der Waals surface area contributed by atoms with E-state index in [0.29, 0.717) is 35.7 Å². The van der Waals surface area contributed by atoms with Crippen LogP contribution in [0, 0.1) is 0 Å². The Kier molecular flexibility index (Phi) is 8.09. The van der Waals surface area contributed by atoms with E-state index in [1.165, 1.54) is 7.11 Å². The van der Waals surface area contributed by atoms with Crippen LogP contribution in [-0.2, 0) is 14.3 Å². The van der Waals surface area contributed by atoms with Crippen molar-refractivity contribution in [3.8, 4) is 0 Å². The van der Waals surface area contributed by atoms with Gasteiger partial charge in [0.25, 0.3) is 0 Å². The molecule has 0 bridgehead atoms. The van der Waals surface area contributed by atoms with Crippen molar-refractivity contribution in [1.29, 1.82) is 0 Å². The summed E-state index contributed by atoms with van der Waals surface area (Å²) in [5.41, 5.74) is 1.31. The number of likely N-dealkylation sites (tertiary alicyclic amines) is 1. The number of esters is 1. The van der Waals surface area contributed by atoms with Crippen LogP contribution in [0.5, 0.6) is 0 Å². The van der Waals surface area contributed by atoms with Gasteiger partial charge in [0.05, 0.1) is 7.11 Å². The summed E-state index contributed by atoms with van der Waals surface area (Å²) >= 11 is 10.7. The predicted molar refractivity (Wildman–Crippen MR) is 98.1 cm³/mol. The monoisotopic (exact) mass is 391 g/mol. The lowest BCUT2D eigenvalue weighted by Gasteiger charge is -2.36. The van der Waals surface area contributed by atoms with E-state index in [9.17, 15) is 9.59 Å². The standard InChI is InChI=1S/C16H18ClNO4S.ClH/c1-22-16(21)15(11-4-2-3-5-12(11)17)18-7-6-13(23)10(9-18)8-14(19)20;/h2-5,8,13,15,23H,6-7,9H2,1H3,(H,19,20);1H/b10-8-;. The third-order valence-corrected chi connectivity index (χ3v) is 4.74. The Bertz CT molecular complexity index is 638. The third-order valence-electron chi connectivity index (χ3n) is 3.80. The molecule has 1 aliphatic heterocycles. The maximum Gasteiger partial charge on any atom is 0.328 e. The largest absolute Gasteiger partial charge is 0.478 e. The number of nitrogens with zero attached hydrogens (tertiary/aromatic N) is 1. The highest BCUT2D eigenvalue weighted by atomic mass is 35.5. The summed E-state index contributed by atoms with van der Waals surface area (Å²) in [6.07, 6.45) is 1.80. The van der Waals surface area contributed by atoms with Crippen molar-refractivity contribution in [2.45, 2.75) is 17.7 Å². The van der Waals surface area contributed by atoms with E-state index in [1.807, 2.05) is 4.90 Å². The maximum absolute atomic E-state index is 12.3. The van der Waals surface area contributed by atoms with E-state index < -0.39 is 18.0 Å². The lowest BCUT2D eigenvalue weighted by Crippen LogP contribution is -2.42. The van der Waals surface area contributed by atoms with Gasteiger partial charge in [0, 0.05) is 29.4 Å². The highest BCUT2D eigenvalue weighted by Crippen LogP contribution is 2.33. The molecule has 0 radical (unpaired) electrons. The molecular weight excluding hydrogens is 373 g/mol. The smallest absolute Gasteiger partial charge is 0.328 e. The fourth-order valence-corrected chi connectivity index (χ4v) is 3.21. The molecule has 1 N–H and O–H groups in total. The Hall–Kier alpha value is -1.21. The van der Waals surface area contributed by atoms with E-state index in [4.69, 9.17) is 21.4 Å². The average molecular weight is 392 g/mol. The number of carboxylic acids is 1. The summed E-state index contributed by atoms with van der Waals surface area (Å²) in [5.74, 6) is -1.45. The van der Waals surface area contributed by atoms with Gasteiger partial charge in [-0.2, -0.15) is 12.6 Å². The number of thiol groups is 1. The van der Waals surface area contributed by atoms with Crippen molar-refractivity contribution in [1.82, 2.24) is 4.90 Å². The van der Waals surface area contributed by atoms with Gasteiger partial charge in [0.1, 0.15) is 6.04 Å². The number of carboxylic acid groups (broad SMARTS) is 1. The minimum absolute atomic E-state index is 0. The highest BCUT2D eigenvalue weighted by Gasteiger charge is 2.34. The highest BCUT2D eigenvalue weighted by molar-refractivity contribution is 7.81. The van der Waals surface area contributed by atoms with Crippen LogP contribution in [0.2, 0.25) is 5.02 Å². The molecule has 24 heavy (non-hydrogen) atoms. The molecule has 2 atom stereocenters. The van der Waals surface area contributed by atoms with Crippen LogP contribution in [0.15, 0.2) is 35.9 Å². The number of benzene rings is 1. The molecule has 0 spiro atoms. The molecule has 8 heteroatoms. The number of halogens is 2. The molecular formula is C16H19Cl2NO4S. The van der Waals surface area contributed by atoms with Gasteiger partial charge in [-0.3, -0.25) is 4.90 Å². The Morgan fingerprint density at radius 2 is 2.12 bits per heavy atom. The zero-order valence-electron chi connectivity index (χ0n) is 13.0. The van der Waals surface area contributed by atoms with Crippen LogP contribution in [0.25, 0.3) is 0 Å². The van der Waals surface area contributed by atoms with Crippen LogP contribution in [0.3, 0.4) is 0 Å². The van der Waals surface area contributed by atoms with E-state index in [-0.39, 0.29) is 17.7 Å². The van der Waals surface area contributed by atoms with Crippen molar-refractivity contribution in [2.75, 3.05) is 20.2 Å². The minimum atomic E-state index is -1.02. The van der Waals surface area contributed by atoms with Gasteiger partial charge >= 0.3 is 11.9 Å². The van der Waals surface area contributed by atoms with Crippen molar-refractivity contribution < 1.29 is 19.4 Å². The van der Waals surface area contributed by atoms with E-state index in [2.05, 4.69) is 12.6 Å². The van der Waals surface area contributed by atoms with E-state index in [1.54, 1.807) is 24.3 Å². The van der Waals surface area contributed by atoms with Gasteiger partial charge in [0.2, 0.25) is 0 Å². The van der Waals surface area contributed by atoms with Crippen LogP contribution < -0.4 is 0 Å². The second-order valence-electron chi connectivity index (χ2n) is 5.28. The van der Waals surface area contributed by atoms with Gasteiger partial charge in [-0.15, -0.1) is 12.4 Å². The van der Waals surface area contributed by atoms with Crippen molar-refractivity contribution in [3.63, 3.8) is 0 Å². The molecule has 0 saturated carbocycles. The molecule has 0 aromatic heterocycles. The van der Waals surface area contributed by atoms with Crippen molar-refractivity contribution in [2.24, 2.45) is 0 Å². The van der Waals surface area contributed by atoms with E-state index in [0.717, 1.165) is 6.08 Å². The zero-order valence-corrected chi connectivity index (χ0v) is 15.5. The van der Waals surface area contributed by atoms with Crippen LogP contribution in [0.4, 0.5) is 0 Å². The molecule has 1 fully saturated rings. The average Bonchev–Trinajstić information content (AvgIpc) is 2.51. The molecule has 1 aromatic rings. The molecule has 1 saturated heterocycles. The zero-order chi connectivity index (χ0) is 17.0. The molecule has 1 heterocycles. The Morgan fingerprint density at radius 3 is 2.71 bits per heavy atom. The number of aliphatic carboxylic acids is 1. The first kappa shape index (κ1) is 20.8. The fraction of sp³-hybridized carbons (Fsp3) is 0.375. The molecule has 0 amide bonds. The van der Waals surface area contributed by atoms with Gasteiger partial charge < -0.3 is 9.84 Å². The molecule has 1 aliphatic rings. The summed E-state index contributed by atoms with van der Waals surface area (Å²) in [6, 6.07) is 6.40. The summed E-state index contributed by atoms with van der Waals surface area (Å²) in [7, 11) is 1.32. The molecule has 132 valence electrons. The first-order chi connectivity index (χ1) is 10.9. The number of carbonyl (C=O) groups excluding carboxylic acids is 1. The number of ether oxygens (including phenoxy) is 1. The molecule has 0 aliphatic carbocycles. The SMILES string of the molecule is COC(=O)C(c1ccccc1Cl)N1CCC(S)/C(=C\C(=O)O)C1.Cl. The molecule has 5 nitrogen and oxygen atoms in total. The second kappa shape index (κ2) is 9.32. The second-order valence-corrected chi connectivity index (χ2v) is 6.31.